The van der Waals surface area contributed by atoms with Crippen LogP contribution in [0.5, 0.6) is 0 Å². The van der Waals surface area contributed by atoms with Crippen LogP contribution in [0.25, 0.3) is 0 Å². The van der Waals surface area contributed by atoms with Gasteiger partial charge in [-0.15, -0.1) is 0 Å². The van der Waals surface area contributed by atoms with Crippen LogP contribution in [0.1, 0.15) is 0 Å². The Bertz CT molecular complexity index is 300. The van der Waals surface area contributed by atoms with Gasteiger partial charge >= 0.3 is 0 Å². The number of para-hydroxylation sites is 1. The van der Waals surface area contributed by atoms with Gasteiger partial charge in [-0.2, -0.15) is 0 Å². The van der Waals surface area contributed by atoms with E-state index >= 15 is 0 Å². The molecular weight excluding hydrogens is 161 g/mol. The van der Waals surface area contributed by atoms with Crippen molar-refractivity contribution in [1.82, 2.24) is 5.48 Å². The second kappa shape index (κ2) is 3.68. The zero-order valence-electron chi connectivity index (χ0n) is 6.16. The molecule has 0 aliphatic rings. The first kappa shape index (κ1) is 8.48. The predicted octanol–water partition coefficient (Wildman–Crippen LogP) is 0.751. The average molecular weight is 169 g/mol. The average Bonchev–Trinajstić information content (AvgIpc) is 2.09. The summed E-state index contributed by atoms with van der Waals surface area (Å²) in [5.74, 6) is -0.740. The highest BCUT2D eigenvalue weighted by molar-refractivity contribution is 5.79. The molecule has 5 heteroatoms. The fraction of sp³-hybridized carbons (Fsp3) is 0. The topological polar surface area (TPSA) is 70.6 Å². The Labute approximate surface area is 68.5 Å². The molecule has 0 aliphatic carbocycles. The van der Waals surface area contributed by atoms with Crippen molar-refractivity contribution in [2.45, 2.75) is 0 Å². The molecule has 1 aromatic rings. The standard InChI is InChI=1S/C7H8FN3O/c8-5-3-1-2-4-6(5)10-7(9)11-12/h1-4,12H,(H3,9,10,11). The predicted molar refractivity (Wildman–Crippen MR) is 42.6 cm³/mol. The molecule has 1 rings (SSSR count). The number of hydroxylamine groups is 1. The highest BCUT2D eigenvalue weighted by Gasteiger charge is 1.97. The summed E-state index contributed by atoms with van der Waals surface area (Å²) in [7, 11) is 0. The number of halogens is 1. The third-order valence-corrected chi connectivity index (χ3v) is 1.21. The minimum absolute atomic E-state index is 0.0801. The lowest BCUT2D eigenvalue weighted by atomic mass is 10.3. The monoisotopic (exact) mass is 169 g/mol. The molecule has 0 saturated carbocycles. The number of nitrogens with two attached hydrogens (primary N) is 1. The Morgan fingerprint density at radius 2 is 2.17 bits per heavy atom. The molecule has 0 spiro atoms. The molecule has 0 unspecified atom stereocenters. The number of nitrogens with zero attached hydrogens (tertiary/aromatic N) is 1. The lowest BCUT2D eigenvalue weighted by Gasteiger charge is -1.97. The molecule has 0 amide bonds. The Hall–Kier alpha value is -1.62. The summed E-state index contributed by atoms with van der Waals surface area (Å²) in [6.07, 6.45) is 0. The van der Waals surface area contributed by atoms with E-state index in [1.165, 1.54) is 18.2 Å². The summed E-state index contributed by atoms with van der Waals surface area (Å²) in [5, 5.41) is 8.26. The summed E-state index contributed by atoms with van der Waals surface area (Å²) in [6, 6.07) is 5.85. The first-order valence-electron chi connectivity index (χ1n) is 3.23. The number of nitrogens with one attached hydrogen (secondary N) is 1. The molecule has 0 bridgehead atoms. The number of guanidine groups is 1. The van der Waals surface area contributed by atoms with Crippen molar-refractivity contribution in [2.75, 3.05) is 0 Å². The normalized spacial score (nSPS) is 11.3. The minimum Gasteiger partial charge on any atom is -0.368 e. The molecule has 0 aliphatic heterocycles. The number of aliphatic imine (C=N–C) groups is 1. The van der Waals surface area contributed by atoms with E-state index < -0.39 is 5.82 Å². The van der Waals surface area contributed by atoms with Crippen molar-refractivity contribution in [2.24, 2.45) is 10.7 Å². The van der Waals surface area contributed by atoms with Crippen LogP contribution in [0.3, 0.4) is 0 Å². The first-order valence-corrected chi connectivity index (χ1v) is 3.23. The zero-order chi connectivity index (χ0) is 8.97. The van der Waals surface area contributed by atoms with Crippen molar-refractivity contribution in [3.63, 3.8) is 0 Å². The second-order valence-electron chi connectivity index (χ2n) is 2.06. The summed E-state index contributed by atoms with van der Waals surface area (Å²) >= 11 is 0. The van der Waals surface area contributed by atoms with Gasteiger partial charge in [0.25, 0.3) is 0 Å². The van der Waals surface area contributed by atoms with Crippen molar-refractivity contribution in [3.8, 4) is 0 Å². The van der Waals surface area contributed by atoms with Crippen LogP contribution in [0.2, 0.25) is 0 Å². The Morgan fingerprint density at radius 3 is 2.75 bits per heavy atom. The maximum Gasteiger partial charge on any atom is 0.218 e. The van der Waals surface area contributed by atoms with E-state index in [1.807, 2.05) is 0 Å². The largest absolute Gasteiger partial charge is 0.368 e. The van der Waals surface area contributed by atoms with Crippen LogP contribution in [-0.4, -0.2) is 11.2 Å². The van der Waals surface area contributed by atoms with E-state index in [2.05, 4.69) is 4.99 Å². The van der Waals surface area contributed by atoms with Crippen molar-refractivity contribution in [1.29, 1.82) is 0 Å². The third kappa shape index (κ3) is 1.93. The second-order valence-corrected chi connectivity index (χ2v) is 2.06. The Balaban J connectivity index is 2.96. The van der Waals surface area contributed by atoms with Crippen molar-refractivity contribution >= 4 is 11.6 Å². The van der Waals surface area contributed by atoms with Gasteiger partial charge in [0, 0.05) is 0 Å². The van der Waals surface area contributed by atoms with E-state index in [4.69, 9.17) is 10.9 Å². The van der Waals surface area contributed by atoms with Crippen LogP contribution in [-0.2, 0) is 0 Å². The molecule has 12 heavy (non-hydrogen) atoms. The van der Waals surface area contributed by atoms with Gasteiger partial charge in [-0.3, -0.25) is 5.21 Å². The van der Waals surface area contributed by atoms with E-state index in [1.54, 1.807) is 11.5 Å². The van der Waals surface area contributed by atoms with Crippen LogP contribution in [0.15, 0.2) is 29.3 Å². The number of benzene rings is 1. The Morgan fingerprint density at radius 1 is 1.50 bits per heavy atom. The zero-order valence-corrected chi connectivity index (χ0v) is 6.16. The molecule has 0 heterocycles. The van der Waals surface area contributed by atoms with E-state index in [0.29, 0.717) is 0 Å². The smallest absolute Gasteiger partial charge is 0.218 e. The SMILES string of the molecule is NC(=Nc1ccccc1F)NO. The molecule has 0 saturated heterocycles. The molecule has 0 radical (unpaired) electrons. The fourth-order valence-electron chi connectivity index (χ4n) is 0.697. The lowest BCUT2D eigenvalue weighted by molar-refractivity contribution is 0.233. The van der Waals surface area contributed by atoms with Gasteiger partial charge in [-0.05, 0) is 12.1 Å². The van der Waals surface area contributed by atoms with Gasteiger partial charge in [0.05, 0.1) is 0 Å². The maximum atomic E-state index is 12.8. The van der Waals surface area contributed by atoms with Gasteiger partial charge in [0.1, 0.15) is 11.5 Å². The summed E-state index contributed by atoms with van der Waals surface area (Å²) in [5.41, 5.74) is 6.78. The molecule has 4 N–H and O–H groups in total. The summed E-state index contributed by atoms with van der Waals surface area (Å²) < 4.78 is 12.8. The third-order valence-electron chi connectivity index (χ3n) is 1.21. The van der Waals surface area contributed by atoms with Gasteiger partial charge in [-0.1, -0.05) is 12.1 Å². The molecular formula is C7H8FN3O. The van der Waals surface area contributed by atoms with Crippen LogP contribution in [0, 0.1) is 5.82 Å². The molecule has 0 fully saturated rings. The number of rotatable bonds is 1. The minimum atomic E-state index is -0.490. The quantitative estimate of drug-likeness (QED) is 0.330. The molecule has 4 nitrogen and oxygen atoms in total. The Kier molecular flexibility index (Phi) is 2.60. The van der Waals surface area contributed by atoms with Gasteiger partial charge in [-0.25, -0.2) is 14.9 Å². The van der Waals surface area contributed by atoms with E-state index in [9.17, 15) is 4.39 Å². The molecule has 1 aromatic carbocycles. The highest BCUT2D eigenvalue weighted by atomic mass is 19.1. The van der Waals surface area contributed by atoms with Crippen LogP contribution < -0.4 is 11.2 Å². The van der Waals surface area contributed by atoms with Crippen molar-refractivity contribution in [3.05, 3.63) is 30.1 Å². The van der Waals surface area contributed by atoms with E-state index in [-0.39, 0.29) is 11.6 Å². The number of hydrogen-bond donors (Lipinski definition) is 3. The molecule has 0 atom stereocenters. The maximum absolute atomic E-state index is 12.8. The number of hydrogen-bond acceptors (Lipinski definition) is 2. The summed E-state index contributed by atoms with van der Waals surface area (Å²) in [4.78, 5) is 3.54. The highest BCUT2D eigenvalue weighted by Crippen LogP contribution is 2.15. The summed E-state index contributed by atoms with van der Waals surface area (Å²) in [6.45, 7) is 0. The van der Waals surface area contributed by atoms with Gasteiger partial charge < -0.3 is 5.73 Å². The molecule has 64 valence electrons. The molecule has 0 aromatic heterocycles. The van der Waals surface area contributed by atoms with Crippen LogP contribution >= 0.6 is 0 Å². The van der Waals surface area contributed by atoms with Crippen LogP contribution in [0.4, 0.5) is 10.1 Å². The van der Waals surface area contributed by atoms with Gasteiger partial charge in [0.15, 0.2) is 0 Å². The lowest BCUT2D eigenvalue weighted by Crippen LogP contribution is -2.27. The van der Waals surface area contributed by atoms with Gasteiger partial charge in [0.2, 0.25) is 5.96 Å². The van der Waals surface area contributed by atoms with E-state index in [0.717, 1.165) is 0 Å². The first-order chi connectivity index (χ1) is 5.74. The van der Waals surface area contributed by atoms with Crippen molar-refractivity contribution < 1.29 is 9.60 Å². The fourth-order valence-corrected chi connectivity index (χ4v) is 0.697.